The number of aliphatic hydroxyl groups excluding tert-OH is 2. The summed E-state index contributed by atoms with van der Waals surface area (Å²) in [6.45, 7) is 0. The minimum absolute atomic E-state index is 0.0680. The van der Waals surface area contributed by atoms with Crippen molar-refractivity contribution in [2.24, 2.45) is 0 Å². The Kier molecular flexibility index (Phi) is 8.45. The molecule has 28 heavy (non-hydrogen) atoms. The van der Waals surface area contributed by atoms with Crippen LogP contribution >= 0.6 is 23.2 Å². The maximum atomic E-state index is 11.8. The van der Waals surface area contributed by atoms with Crippen LogP contribution < -0.4 is 0 Å². The molecule has 7 heteroatoms. The van der Waals surface area contributed by atoms with Gasteiger partial charge in [0.15, 0.2) is 5.78 Å². The third kappa shape index (κ3) is 6.91. The second kappa shape index (κ2) is 10.6. The highest BCUT2D eigenvalue weighted by Crippen LogP contribution is 2.27. The molecule has 0 radical (unpaired) electrons. The summed E-state index contributed by atoms with van der Waals surface area (Å²) < 4.78 is 0. The van der Waals surface area contributed by atoms with Gasteiger partial charge in [-0.15, -0.1) is 0 Å². The molecule has 150 valence electrons. The van der Waals surface area contributed by atoms with Gasteiger partial charge in [-0.25, -0.2) is 0 Å². The van der Waals surface area contributed by atoms with Crippen molar-refractivity contribution < 1.29 is 24.9 Å². The largest absolute Gasteiger partial charge is 0.481 e. The fourth-order valence-electron chi connectivity index (χ4n) is 2.83. The van der Waals surface area contributed by atoms with Gasteiger partial charge in [0, 0.05) is 22.9 Å². The molecule has 0 spiro atoms. The van der Waals surface area contributed by atoms with Gasteiger partial charge in [-0.2, -0.15) is 0 Å². The topological polar surface area (TPSA) is 94.8 Å². The first-order chi connectivity index (χ1) is 13.3. The zero-order chi connectivity index (χ0) is 20.7. The summed E-state index contributed by atoms with van der Waals surface area (Å²) in [7, 11) is 0. The predicted octanol–water partition coefficient (Wildman–Crippen LogP) is 4.14. The molecule has 0 aliphatic heterocycles. The first kappa shape index (κ1) is 22.4. The molecular weight excluding hydrogens is 403 g/mol. The Morgan fingerprint density at radius 2 is 1.50 bits per heavy atom. The lowest BCUT2D eigenvalue weighted by Gasteiger charge is -2.16. The fourth-order valence-corrected chi connectivity index (χ4v) is 3.36. The summed E-state index contributed by atoms with van der Waals surface area (Å²) in [5.74, 6) is -1.53. The van der Waals surface area contributed by atoms with Crippen LogP contribution in [-0.4, -0.2) is 39.3 Å². The van der Waals surface area contributed by atoms with Gasteiger partial charge in [0.1, 0.15) is 6.10 Å². The Labute approximate surface area is 173 Å². The Balaban J connectivity index is 1.88. The maximum Gasteiger partial charge on any atom is 0.303 e. The van der Waals surface area contributed by atoms with Gasteiger partial charge in [0.2, 0.25) is 0 Å². The zero-order valence-electron chi connectivity index (χ0n) is 15.1. The number of aliphatic hydroxyl groups is 2. The van der Waals surface area contributed by atoms with Gasteiger partial charge in [-0.3, -0.25) is 9.59 Å². The lowest BCUT2D eigenvalue weighted by molar-refractivity contribution is -0.137. The SMILES string of the molecule is O=C(O)CCCC(=O)C(O)C(O)CCc1ccc(-c2cc(Cl)cc(Cl)c2)cc1. The minimum atomic E-state index is -1.50. The quantitative estimate of drug-likeness (QED) is 0.532. The maximum absolute atomic E-state index is 11.8. The number of carboxylic acids is 1. The summed E-state index contributed by atoms with van der Waals surface area (Å²) in [6.07, 6.45) is -2.05. The lowest BCUT2D eigenvalue weighted by atomic mass is 9.97. The molecule has 0 saturated heterocycles. The second-order valence-corrected chi connectivity index (χ2v) is 7.49. The molecule has 0 aliphatic rings. The number of hydrogen-bond acceptors (Lipinski definition) is 4. The van der Waals surface area contributed by atoms with Crippen LogP contribution in [0.5, 0.6) is 0 Å². The number of aryl methyl sites for hydroxylation is 1. The smallest absolute Gasteiger partial charge is 0.303 e. The minimum Gasteiger partial charge on any atom is -0.481 e. The molecule has 0 aliphatic carbocycles. The van der Waals surface area contributed by atoms with E-state index >= 15 is 0 Å². The van der Waals surface area contributed by atoms with Crippen molar-refractivity contribution in [2.45, 2.75) is 44.3 Å². The van der Waals surface area contributed by atoms with Gasteiger partial charge in [-0.05, 0) is 54.2 Å². The summed E-state index contributed by atoms with van der Waals surface area (Å²) in [5, 5.41) is 29.6. The van der Waals surface area contributed by atoms with Crippen molar-refractivity contribution in [3.8, 4) is 11.1 Å². The molecule has 0 fully saturated rings. The number of benzene rings is 2. The second-order valence-electron chi connectivity index (χ2n) is 6.62. The fraction of sp³-hybridized carbons (Fsp3) is 0.333. The molecule has 0 heterocycles. The van der Waals surface area contributed by atoms with Gasteiger partial charge in [0.05, 0.1) is 6.10 Å². The number of ketones is 1. The Bertz CT molecular complexity index is 800. The molecule has 0 amide bonds. The summed E-state index contributed by atoms with van der Waals surface area (Å²) in [5.41, 5.74) is 2.79. The van der Waals surface area contributed by atoms with Crippen molar-refractivity contribution in [3.63, 3.8) is 0 Å². The highest BCUT2D eigenvalue weighted by molar-refractivity contribution is 6.35. The first-order valence-electron chi connectivity index (χ1n) is 8.92. The average Bonchev–Trinajstić information content (AvgIpc) is 2.64. The van der Waals surface area contributed by atoms with Crippen LogP contribution in [0, 0.1) is 0 Å². The number of rotatable bonds is 10. The molecular formula is C21H22Cl2O5. The van der Waals surface area contributed by atoms with Crippen LogP contribution in [0.4, 0.5) is 0 Å². The standard InChI is InChI=1S/C21H22Cl2O5/c22-16-10-15(11-17(23)12-16)14-7-4-13(5-8-14)6-9-19(25)21(28)18(24)2-1-3-20(26)27/h4-5,7-8,10-12,19,21,25,28H,1-3,6,9H2,(H,26,27). The molecule has 0 saturated carbocycles. The number of aliphatic carboxylic acids is 1. The number of halogens is 2. The summed E-state index contributed by atoms with van der Waals surface area (Å²) >= 11 is 12.1. The molecule has 5 nitrogen and oxygen atoms in total. The normalized spacial score (nSPS) is 13.1. The van der Waals surface area contributed by atoms with E-state index in [1.165, 1.54) is 0 Å². The van der Waals surface area contributed by atoms with Crippen LogP contribution in [0.25, 0.3) is 11.1 Å². The van der Waals surface area contributed by atoms with E-state index in [2.05, 4.69) is 0 Å². The van der Waals surface area contributed by atoms with Crippen LogP contribution in [-0.2, 0) is 16.0 Å². The van der Waals surface area contributed by atoms with Gasteiger partial charge >= 0.3 is 5.97 Å². The van der Waals surface area contributed by atoms with E-state index in [1.54, 1.807) is 6.07 Å². The molecule has 2 aromatic rings. The molecule has 0 bridgehead atoms. The summed E-state index contributed by atoms with van der Waals surface area (Å²) in [4.78, 5) is 22.3. The highest BCUT2D eigenvalue weighted by Gasteiger charge is 2.23. The van der Waals surface area contributed by atoms with Crippen molar-refractivity contribution in [3.05, 3.63) is 58.1 Å². The number of carbonyl (C=O) groups excluding carboxylic acids is 1. The van der Waals surface area contributed by atoms with Crippen LogP contribution in [0.1, 0.15) is 31.2 Å². The zero-order valence-corrected chi connectivity index (χ0v) is 16.7. The van der Waals surface area contributed by atoms with Crippen molar-refractivity contribution in [1.82, 2.24) is 0 Å². The van der Waals surface area contributed by atoms with E-state index in [1.807, 2.05) is 36.4 Å². The molecule has 3 N–H and O–H groups in total. The van der Waals surface area contributed by atoms with E-state index in [9.17, 15) is 19.8 Å². The average molecular weight is 425 g/mol. The molecule has 2 aromatic carbocycles. The Morgan fingerprint density at radius 1 is 0.893 bits per heavy atom. The van der Waals surface area contributed by atoms with E-state index in [4.69, 9.17) is 28.3 Å². The third-order valence-corrected chi connectivity index (χ3v) is 4.82. The van der Waals surface area contributed by atoms with E-state index in [0.29, 0.717) is 16.5 Å². The molecule has 2 atom stereocenters. The number of hydrogen-bond donors (Lipinski definition) is 3. The lowest BCUT2D eigenvalue weighted by Crippen LogP contribution is -2.34. The van der Waals surface area contributed by atoms with Gasteiger partial charge < -0.3 is 15.3 Å². The molecule has 0 aromatic heterocycles. The van der Waals surface area contributed by atoms with E-state index < -0.39 is 24.0 Å². The third-order valence-electron chi connectivity index (χ3n) is 4.39. The van der Waals surface area contributed by atoms with E-state index in [0.717, 1.165) is 16.7 Å². The van der Waals surface area contributed by atoms with Crippen molar-refractivity contribution in [1.29, 1.82) is 0 Å². The van der Waals surface area contributed by atoms with Crippen molar-refractivity contribution in [2.75, 3.05) is 0 Å². The monoisotopic (exact) mass is 424 g/mol. The highest BCUT2D eigenvalue weighted by atomic mass is 35.5. The number of carboxylic acid groups (broad SMARTS) is 1. The van der Waals surface area contributed by atoms with Crippen LogP contribution in [0.15, 0.2) is 42.5 Å². The van der Waals surface area contributed by atoms with Crippen LogP contribution in [0.2, 0.25) is 10.0 Å². The van der Waals surface area contributed by atoms with Gasteiger partial charge in [-0.1, -0.05) is 47.5 Å². The van der Waals surface area contributed by atoms with E-state index in [-0.39, 0.29) is 25.7 Å². The molecule has 2 rings (SSSR count). The Morgan fingerprint density at radius 3 is 2.07 bits per heavy atom. The molecule has 2 unspecified atom stereocenters. The van der Waals surface area contributed by atoms with Gasteiger partial charge in [0.25, 0.3) is 0 Å². The first-order valence-corrected chi connectivity index (χ1v) is 9.68. The number of Topliss-reactive ketones (excluding diaryl/α,β-unsaturated/α-hetero) is 1. The Hall–Kier alpha value is -1.92. The summed E-state index contributed by atoms with van der Waals surface area (Å²) in [6, 6.07) is 12.9. The van der Waals surface area contributed by atoms with Crippen molar-refractivity contribution >= 4 is 35.0 Å². The van der Waals surface area contributed by atoms with Crippen LogP contribution in [0.3, 0.4) is 0 Å². The number of carbonyl (C=O) groups is 2. The predicted molar refractivity (Wildman–Crippen MR) is 109 cm³/mol.